The van der Waals surface area contributed by atoms with Crippen LogP contribution in [0.4, 0.5) is 0 Å². The van der Waals surface area contributed by atoms with Gasteiger partial charge in [-0.3, -0.25) is 4.79 Å². The Morgan fingerprint density at radius 3 is 2.26 bits per heavy atom. The van der Waals surface area contributed by atoms with Crippen molar-refractivity contribution in [3.05, 3.63) is 35.4 Å². The zero-order valence-corrected chi connectivity index (χ0v) is 14.1. The second-order valence-corrected chi connectivity index (χ2v) is 7.51. The number of benzene rings is 1. The fraction of sp³-hybridized carbons (Fsp3) is 0.600. The van der Waals surface area contributed by atoms with Gasteiger partial charge >= 0.3 is 5.97 Å². The van der Waals surface area contributed by atoms with Crippen LogP contribution in [0.2, 0.25) is 0 Å². The van der Waals surface area contributed by atoms with E-state index in [0.29, 0.717) is 5.56 Å². The van der Waals surface area contributed by atoms with E-state index in [0.717, 1.165) is 30.2 Å². The summed E-state index contributed by atoms with van der Waals surface area (Å²) in [6.07, 6.45) is 8.52. The lowest BCUT2D eigenvalue weighted by molar-refractivity contribution is 0.0496. The number of fused-ring (bicyclic) bond motifs is 1. The van der Waals surface area contributed by atoms with Gasteiger partial charge < -0.3 is 4.74 Å². The summed E-state index contributed by atoms with van der Waals surface area (Å²) in [7, 11) is 1.37. The molecule has 3 heteroatoms. The number of Topliss-reactive ketones (excluding diaryl/α,β-unsaturated/α-hetero) is 1. The Kier molecular flexibility index (Phi) is 4.56. The Hall–Kier alpha value is -1.64. The number of carbonyl (C=O) groups excluding carboxylic acids is 2. The molecule has 0 radical (unpaired) electrons. The maximum Gasteiger partial charge on any atom is 0.337 e. The highest BCUT2D eigenvalue weighted by molar-refractivity contribution is 6.01. The van der Waals surface area contributed by atoms with Gasteiger partial charge in [0.1, 0.15) is 0 Å². The standard InChI is InChI=1S/C20H26O3/c1-20(12-11-14-5-3-4-6-17(14)13-20)18(21)15-7-9-16(10-8-15)19(22)23-2/h7-10,14,17H,3-6,11-13H2,1-2H3/t14-,17-,20+/m0/s1. The highest BCUT2D eigenvalue weighted by atomic mass is 16.5. The first kappa shape index (κ1) is 16.2. The normalized spacial score (nSPS) is 30.3. The zero-order valence-electron chi connectivity index (χ0n) is 14.1. The molecule has 2 fully saturated rings. The number of hydrogen-bond acceptors (Lipinski definition) is 3. The van der Waals surface area contributed by atoms with Crippen molar-refractivity contribution >= 4 is 11.8 Å². The molecule has 124 valence electrons. The van der Waals surface area contributed by atoms with Gasteiger partial charge in [0.05, 0.1) is 12.7 Å². The molecular weight excluding hydrogens is 288 g/mol. The number of methoxy groups -OCH3 is 1. The van der Waals surface area contributed by atoms with E-state index in [9.17, 15) is 9.59 Å². The monoisotopic (exact) mass is 314 g/mol. The maximum atomic E-state index is 13.0. The smallest absolute Gasteiger partial charge is 0.337 e. The predicted octanol–water partition coefficient (Wildman–Crippen LogP) is 4.65. The van der Waals surface area contributed by atoms with Crippen LogP contribution in [0.1, 0.15) is 72.6 Å². The van der Waals surface area contributed by atoms with E-state index in [-0.39, 0.29) is 17.2 Å². The lowest BCUT2D eigenvalue weighted by atomic mass is 9.60. The van der Waals surface area contributed by atoms with Crippen molar-refractivity contribution in [2.45, 2.75) is 51.9 Å². The molecule has 3 rings (SSSR count). The second-order valence-electron chi connectivity index (χ2n) is 7.51. The maximum absolute atomic E-state index is 13.0. The van der Waals surface area contributed by atoms with Crippen molar-refractivity contribution in [2.75, 3.05) is 7.11 Å². The number of ether oxygens (including phenoxy) is 1. The lowest BCUT2D eigenvalue weighted by Crippen LogP contribution is -2.38. The van der Waals surface area contributed by atoms with Crippen molar-refractivity contribution in [1.29, 1.82) is 0 Å². The van der Waals surface area contributed by atoms with Gasteiger partial charge in [0.2, 0.25) is 0 Å². The van der Waals surface area contributed by atoms with Gasteiger partial charge in [-0.05, 0) is 43.2 Å². The van der Waals surface area contributed by atoms with Crippen LogP contribution in [0, 0.1) is 17.3 Å². The molecule has 0 aliphatic heterocycles. The predicted molar refractivity (Wildman–Crippen MR) is 89.5 cm³/mol. The van der Waals surface area contributed by atoms with Gasteiger partial charge in [0.15, 0.2) is 5.78 Å². The second kappa shape index (κ2) is 6.46. The molecule has 0 unspecified atom stereocenters. The van der Waals surface area contributed by atoms with E-state index >= 15 is 0 Å². The largest absolute Gasteiger partial charge is 0.465 e. The average Bonchev–Trinajstić information content (AvgIpc) is 2.60. The third kappa shape index (κ3) is 3.19. The minimum absolute atomic E-state index is 0.234. The molecule has 3 atom stereocenters. The van der Waals surface area contributed by atoms with E-state index in [1.54, 1.807) is 24.3 Å². The zero-order chi connectivity index (χ0) is 16.4. The summed E-state index contributed by atoms with van der Waals surface area (Å²) in [5, 5.41) is 0. The van der Waals surface area contributed by atoms with Crippen molar-refractivity contribution in [2.24, 2.45) is 17.3 Å². The van der Waals surface area contributed by atoms with Crippen LogP contribution in [-0.4, -0.2) is 18.9 Å². The summed E-state index contributed by atoms with van der Waals surface area (Å²) in [6, 6.07) is 6.92. The van der Waals surface area contributed by atoms with Crippen LogP contribution in [-0.2, 0) is 4.74 Å². The summed E-state index contributed by atoms with van der Waals surface area (Å²) in [6.45, 7) is 2.13. The van der Waals surface area contributed by atoms with Crippen molar-refractivity contribution in [3.63, 3.8) is 0 Å². The van der Waals surface area contributed by atoms with Gasteiger partial charge in [-0.25, -0.2) is 4.79 Å². The first-order valence-corrected chi connectivity index (χ1v) is 8.77. The number of rotatable bonds is 3. The van der Waals surface area contributed by atoms with Crippen molar-refractivity contribution in [1.82, 2.24) is 0 Å². The highest BCUT2D eigenvalue weighted by Crippen LogP contribution is 2.49. The highest BCUT2D eigenvalue weighted by Gasteiger charge is 2.43. The average molecular weight is 314 g/mol. The number of carbonyl (C=O) groups is 2. The molecule has 23 heavy (non-hydrogen) atoms. The van der Waals surface area contributed by atoms with Crippen LogP contribution >= 0.6 is 0 Å². The molecule has 1 aromatic rings. The molecule has 0 spiro atoms. The van der Waals surface area contributed by atoms with E-state index in [2.05, 4.69) is 6.92 Å². The molecule has 2 aliphatic carbocycles. The van der Waals surface area contributed by atoms with Crippen LogP contribution in [0.3, 0.4) is 0 Å². The van der Waals surface area contributed by atoms with Crippen LogP contribution < -0.4 is 0 Å². The Morgan fingerprint density at radius 1 is 1.00 bits per heavy atom. The first-order valence-electron chi connectivity index (χ1n) is 8.77. The third-order valence-corrected chi connectivity index (χ3v) is 5.96. The lowest BCUT2D eigenvalue weighted by Gasteiger charge is -2.44. The fourth-order valence-electron chi connectivity index (χ4n) is 4.55. The van der Waals surface area contributed by atoms with Crippen molar-refractivity contribution in [3.8, 4) is 0 Å². The first-order chi connectivity index (χ1) is 11.0. The van der Waals surface area contributed by atoms with E-state index in [1.807, 2.05) is 0 Å². The van der Waals surface area contributed by atoms with Crippen LogP contribution in [0.15, 0.2) is 24.3 Å². The summed E-state index contributed by atoms with van der Waals surface area (Å²) in [5.74, 6) is 1.43. The van der Waals surface area contributed by atoms with E-state index in [4.69, 9.17) is 4.74 Å². The molecule has 0 bridgehead atoms. The number of esters is 1. The SMILES string of the molecule is COC(=O)c1ccc(C(=O)[C@]2(C)CC[C@@H]3CCCC[C@H]3C2)cc1. The molecular formula is C20H26O3. The number of ketones is 1. The Bertz CT molecular complexity index is 589. The quantitative estimate of drug-likeness (QED) is 0.602. The molecule has 0 N–H and O–H groups in total. The Balaban J connectivity index is 1.75. The number of hydrogen-bond donors (Lipinski definition) is 0. The fourth-order valence-corrected chi connectivity index (χ4v) is 4.55. The van der Waals surface area contributed by atoms with Gasteiger partial charge in [-0.15, -0.1) is 0 Å². The minimum atomic E-state index is -0.363. The summed E-state index contributed by atoms with van der Waals surface area (Å²) in [4.78, 5) is 24.5. The van der Waals surface area contributed by atoms with Gasteiger partial charge in [-0.1, -0.05) is 44.7 Å². The van der Waals surface area contributed by atoms with Crippen molar-refractivity contribution < 1.29 is 14.3 Å². The minimum Gasteiger partial charge on any atom is -0.465 e. The van der Waals surface area contributed by atoms with Crippen LogP contribution in [0.5, 0.6) is 0 Å². The molecule has 3 nitrogen and oxygen atoms in total. The van der Waals surface area contributed by atoms with E-state index in [1.165, 1.54) is 39.2 Å². The molecule has 1 aromatic carbocycles. The summed E-state index contributed by atoms with van der Waals surface area (Å²) < 4.78 is 4.71. The molecule has 0 aromatic heterocycles. The van der Waals surface area contributed by atoms with Crippen LogP contribution in [0.25, 0.3) is 0 Å². The molecule has 0 amide bonds. The van der Waals surface area contributed by atoms with E-state index < -0.39 is 0 Å². The molecule has 2 saturated carbocycles. The van der Waals surface area contributed by atoms with Gasteiger partial charge in [-0.2, -0.15) is 0 Å². The van der Waals surface area contributed by atoms with Gasteiger partial charge in [0.25, 0.3) is 0 Å². The molecule has 0 saturated heterocycles. The summed E-state index contributed by atoms with van der Waals surface area (Å²) >= 11 is 0. The third-order valence-electron chi connectivity index (χ3n) is 5.96. The Labute approximate surface area is 138 Å². The Morgan fingerprint density at radius 2 is 1.61 bits per heavy atom. The molecule has 2 aliphatic rings. The topological polar surface area (TPSA) is 43.4 Å². The summed E-state index contributed by atoms with van der Waals surface area (Å²) in [5.41, 5.74) is 0.963. The molecule has 0 heterocycles. The van der Waals surface area contributed by atoms with Gasteiger partial charge in [0, 0.05) is 11.0 Å².